The molecule has 237 valence electrons. The number of hydrogen-bond donors (Lipinski definition) is 1. The Bertz CT molecular complexity index is 1720. The molecule has 0 aliphatic heterocycles. The van der Waals surface area contributed by atoms with Crippen LogP contribution in [0.25, 0.3) is 0 Å². The van der Waals surface area contributed by atoms with Gasteiger partial charge in [0.15, 0.2) is 0 Å². The molecule has 6 rings (SSSR count). The number of aryl methyl sites for hydroxylation is 8. The molecule has 1 unspecified atom stereocenters. The van der Waals surface area contributed by atoms with Gasteiger partial charge in [0.2, 0.25) is 0 Å². The Balaban J connectivity index is 1.48. The zero-order chi connectivity index (χ0) is 33.4. The van der Waals surface area contributed by atoms with Gasteiger partial charge >= 0.3 is 0 Å². The highest BCUT2D eigenvalue weighted by Crippen LogP contribution is 2.59. The molecule has 47 heavy (non-hydrogen) atoms. The zero-order valence-corrected chi connectivity index (χ0v) is 30.7. The second-order valence-electron chi connectivity index (χ2n) is 13.4. The van der Waals surface area contributed by atoms with Crippen LogP contribution >= 0.6 is 15.8 Å². The van der Waals surface area contributed by atoms with E-state index in [0.717, 1.165) is 11.5 Å². The summed E-state index contributed by atoms with van der Waals surface area (Å²) >= 11 is 0. The standard InChI is InChI=1S/C44H45OP2/c1-28-16-29(2)21-36(20-28)46(37-22-30(3)17-31(4)23-37)42-14-10-9-12-40(42)44(45)41-13-11-15-43(41)47(38-24-32(5)18-33(6)25-38)39-26-34(7)19-35(8)27-39/h9-27,44-45H,1-8H3. The van der Waals surface area contributed by atoms with Gasteiger partial charge in [-0.05, 0) is 123 Å². The minimum absolute atomic E-state index is 0.764. The summed E-state index contributed by atoms with van der Waals surface area (Å²) in [6.07, 6.45) is 5.76. The van der Waals surface area contributed by atoms with Crippen LogP contribution in [-0.4, -0.2) is 5.11 Å². The normalized spacial score (nSPS) is 14.8. The van der Waals surface area contributed by atoms with Gasteiger partial charge in [-0.15, -0.1) is 0 Å². The molecular weight excluding hydrogens is 606 g/mol. The number of hydrogen-bond acceptors (Lipinski definition) is 1. The van der Waals surface area contributed by atoms with Gasteiger partial charge in [-0.2, -0.15) is 0 Å². The van der Waals surface area contributed by atoms with E-state index in [0.29, 0.717) is 0 Å². The monoisotopic (exact) mass is 651 g/mol. The molecular formula is C44H45OP2. The lowest BCUT2D eigenvalue weighted by molar-refractivity contribution is 0.200. The van der Waals surface area contributed by atoms with Crippen molar-refractivity contribution in [2.24, 2.45) is 0 Å². The van der Waals surface area contributed by atoms with E-state index in [2.05, 4.69) is 172 Å². The molecule has 0 spiro atoms. The van der Waals surface area contributed by atoms with Crippen molar-refractivity contribution < 1.29 is 5.11 Å². The highest BCUT2D eigenvalue weighted by molar-refractivity contribution is 7.80. The fourth-order valence-corrected chi connectivity index (χ4v) is 12.9. The number of rotatable bonds is 8. The summed E-state index contributed by atoms with van der Waals surface area (Å²) in [4.78, 5) is 0. The third-order valence-electron chi connectivity index (χ3n) is 8.69. The first kappa shape index (κ1) is 33.8. The summed E-state index contributed by atoms with van der Waals surface area (Å²) in [5.41, 5.74) is 12.3. The first-order chi connectivity index (χ1) is 22.5. The molecule has 1 fully saturated rings. The topological polar surface area (TPSA) is 20.2 Å². The minimum Gasteiger partial charge on any atom is -0.388 e. The Hall–Kier alpha value is -3.08. The Kier molecular flexibility index (Phi) is 10.2. The van der Waals surface area contributed by atoms with E-state index in [9.17, 15) is 5.11 Å². The lowest BCUT2D eigenvalue weighted by Gasteiger charge is -2.34. The van der Waals surface area contributed by atoms with Crippen molar-refractivity contribution >= 4 is 42.4 Å². The fourth-order valence-electron chi connectivity index (χ4n) is 7.12. The summed E-state index contributed by atoms with van der Waals surface area (Å²) in [6.45, 7) is 17.5. The van der Waals surface area contributed by atoms with Gasteiger partial charge in [-0.3, -0.25) is 0 Å². The summed E-state index contributed by atoms with van der Waals surface area (Å²) in [6, 6.07) is 36.3. The lowest BCUT2D eigenvalue weighted by Crippen LogP contribution is -2.28. The van der Waals surface area contributed by atoms with E-state index in [1.807, 2.05) is 0 Å². The Morgan fingerprint density at radius 2 is 0.809 bits per heavy atom. The van der Waals surface area contributed by atoms with E-state index < -0.39 is 21.9 Å². The molecule has 0 saturated heterocycles. The maximum absolute atomic E-state index is 12.6. The van der Waals surface area contributed by atoms with E-state index in [4.69, 9.17) is 0 Å². The summed E-state index contributed by atoms with van der Waals surface area (Å²) < 4.78 is 0. The van der Waals surface area contributed by atoms with Crippen LogP contribution in [0.1, 0.15) is 56.2 Å². The highest BCUT2D eigenvalue weighted by Gasteiger charge is 2.42. The molecule has 5 radical (unpaired) electrons. The van der Waals surface area contributed by atoms with Crippen molar-refractivity contribution in [1.82, 2.24) is 0 Å². The molecule has 1 aliphatic rings. The van der Waals surface area contributed by atoms with Gasteiger partial charge in [-0.25, -0.2) is 0 Å². The number of aliphatic hydroxyl groups excluding tert-OH is 1. The van der Waals surface area contributed by atoms with E-state index >= 15 is 0 Å². The predicted molar refractivity (Wildman–Crippen MR) is 206 cm³/mol. The number of benzene rings is 5. The van der Waals surface area contributed by atoms with Crippen molar-refractivity contribution in [2.45, 2.75) is 61.5 Å². The molecule has 0 heterocycles. The van der Waals surface area contributed by atoms with Crippen LogP contribution in [0.5, 0.6) is 0 Å². The number of aliphatic hydroxyl groups is 1. The quantitative estimate of drug-likeness (QED) is 0.166. The molecule has 1 nitrogen and oxygen atoms in total. The highest BCUT2D eigenvalue weighted by atomic mass is 31.1. The molecule has 3 heteroatoms. The summed E-state index contributed by atoms with van der Waals surface area (Å²) in [7, 11) is -1.83. The first-order valence-corrected chi connectivity index (χ1v) is 19.1. The molecule has 0 amide bonds. The van der Waals surface area contributed by atoms with Crippen LogP contribution < -0.4 is 26.5 Å². The smallest absolute Gasteiger partial charge is 0.0871 e. The second-order valence-corrected chi connectivity index (χ2v) is 17.8. The van der Waals surface area contributed by atoms with Crippen molar-refractivity contribution in [2.75, 3.05) is 0 Å². The molecule has 5 aromatic rings. The van der Waals surface area contributed by atoms with Crippen LogP contribution in [0.2, 0.25) is 0 Å². The SMILES string of the molecule is Cc1cc(C)cc(P([C]2[CH][CH][CH][C]2C(O)c2ccccc2P(c2cc(C)cc(C)c2)c2cc(C)cc(C)c2)c2cc(C)cc(C)c2)c1. The molecule has 1 saturated carbocycles. The van der Waals surface area contributed by atoms with Gasteiger partial charge in [0.05, 0.1) is 6.10 Å². The van der Waals surface area contributed by atoms with Crippen LogP contribution in [0.4, 0.5) is 0 Å². The third-order valence-corrected chi connectivity index (χ3v) is 13.6. The zero-order valence-electron chi connectivity index (χ0n) is 28.9. The van der Waals surface area contributed by atoms with Crippen molar-refractivity contribution in [3.8, 4) is 0 Å². The van der Waals surface area contributed by atoms with Crippen molar-refractivity contribution in [3.63, 3.8) is 0 Å². The minimum atomic E-state index is -0.925. The van der Waals surface area contributed by atoms with E-state index in [-0.39, 0.29) is 0 Å². The van der Waals surface area contributed by atoms with Gasteiger partial charge in [0.25, 0.3) is 0 Å². The summed E-state index contributed by atoms with van der Waals surface area (Å²) in [5.74, 6) is 0.998. The van der Waals surface area contributed by atoms with Gasteiger partial charge < -0.3 is 5.11 Å². The lowest BCUT2D eigenvalue weighted by atomic mass is 9.94. The predicted octanol–water partition coefficient (Wildman–Crippen LogP) is 8.81. The average Bonchev–Trinajstić information content (AvgIpc) is 3.45. The van der Waals surface area contributed by atoms with Crippen LogP contribution in [-0.2, 0) is 0 Å². The van der Waals surface area contributed by atoms with E-state index in [1.165, 1.54) is 76.7 Å². The average molecular weight is 652 g/mol. The maximum atomic E-state index is 12.6. The molecule has 1 aliphatic carbocycles. The second kappa shape index (κ2) is 14.2. The third kappa shape index (κ3) is 7.50. The Morgan fingerprint density at radius 3 is 1.21 bits per heavy atom. The van der Waals surface area contributed by atoms with E-state index in [1.54, 1.807) is 0 Å². The fraction of sp³-hybridized carbons (Fsp3) is 0.205. The molecule has 1 N–H and O–H groups in total. The molecule has 0 bridgehead atoms. The largest absolute Gasteiger partial charge is 0.388 e. The van der Waals surface area contributed by atoms with Gasteiger partial charge in [-0.1, -0.05) is 142 Å². The Morgan fingerprint density at radius 1 is 0.447 bits per heavy atom. The van der Waals surface area contributed by atoms with Crippen molar-refractivity contribution in [3.05, 3.63) is 178 Å². The summed E-state index contributed by atoms with van der Waals surface area (Å²) in [5, 5.41) is 19.1. The van der Waals surface area contributed by atoms with Crippen molar-refractivity contribution in [1.29, 1.82) is 0 Å². The first-order valence-electron chi connectivity index (χ1n) is 16.4. The van der Waals surface area contributed by atoms with Crippen LogP contribution in [0, 0.1) is 86.2 Å². The molecule has 5 aromatic carbocycles. The molecule has 1 atom stereocenters. The molecule has 0 aromatic heterocycles. The van der Waals surface area contributed by atoms with Gasteiger partial charge in [0, 0.05) is 11.6 Å². The van der Waals surface area contributed by atoms with Gasteiger partial charge in [0.1, 0.15) is 0 Å². The van der Waals surface area contributed by atoms with Crippen LogP contribution in [0.15, 0.2) is 97.1 Å². The maximum Gasteiger partial charge on any atom is 0.0871 e. The van der Waals surface area contributed by atoms with Crippen LogP contribution in [0.3, 0.4) is 0 Å². The Labute approximate surface area is 286 Å².